The third-order valence-corrected chi connectivity index (χ3v) is 11.2. The van der Waals surface area contributed by atoms with Crippen LogP contribution in [0, 0.1) is 17.2 Å². The quantitative estimate of drug-likeness (QED) is 0.0194. The van der Waals surface area contributed by atoms with Crippen LogP contribution in [0.2, 0.25) is 0 Å². The number of carbonyl (C=O) groups is 6. The fourth-order valence-electron chi connectivity index (χ4n) is 7.63. The monoisotopic (exact) mass is 825 g/mol. The summed E-state index contributed by atoms with van der Waals surface area (Å²) in [6.45, 7) is 0.574. The zero-order valence-electron chi connectivity index (χ0n) is 33.2. The van der Waals surface area contributed by atoms with Crippen molar-refractivity contribution >= 4 is 59.8 Å². The van der Waals surface area contributed by atoms with Crippen LogP contribution in [0.15, 0.2) is 4.99 Å². The van der Waals surface area contributed by atoms with Gasteiger partial charge in [0.05, 0.1) is 24.0 Å². The summed E-state index contributed by atoms with van der Waals surface area (Å²) in [5.41, 5.74) is 34.0. The number of carbonyl (C=O) groups excluding carboxylic acids is 5. The van der Waals surface area contributed by atoms with Gasteiger partial charge < -0.3 is 60.4 Å². The Labute approximate surface area is 341 Å². The molecule has 2 rings (SSSR count). The highest BCUT2D eigenvalue weighted by atomic mass is 32.1. The summed E-state index contributed by atoms with van der Waals surface area (Å²) in [4.78, 5) is 85.1. The summed E-state index contributed by atoms with van der Waals surface area (Å²) in [5, 5.41) is 25.3. The van der Waals surface area contributed by atoms with Gasteiger partial charge in [0.15, 0.2) is 11.7 Å². The number of aliphatic imine (C=N–C) groups is 1. The van der Waals surface area contributed by atoms with Crippen LogP contribution in [0.1, 0.15) is 109 Å². The number of amides is 4. The molecule has 324 valence electrons. The summed E-state index contributed by atoms with van der Waals surface area (Å²) < 4.78 is 0. The van der Waals surface area contributed by atoms with Crippen LogP contribution in [-0.4, -0.2) is 119 Å². The van der Waals surface area contributed by atoms with E-state index in [9.17, 15) is 33.9 Å². The van der Waals surface area contributed by atoms with Crippen molar-refractivity contribution < 1.29 is 33.9 Å². The first kappa shape index (κ1) is 49.1. The Hall–Kier alpha value is -4.01. The van der Waals surface area contributed by atoms with Crippen molar-refractivity contribution in [1.29, 1.82) is 5.41 Å². The molecule has 1 aliphatic carbocycles. The lowest BCUT2D eigenvalue weighted by Crippen LogP contribution is -2.55. The average Bonchev–Trinajstić information content (AvgIpc) is 3.56. The van der Waals surface area contributed by atoms with Crippen LogP contribution in [0.3, 0.4) is 0 Å². The number of nitrogens with one attached hydrogen (secondary N) is 4. The van der Waals surface area contributed by atoms with Gasteiger partial charge in [-0.1, -0.05) is 25.7 Å². The van der Waals surface area contributed by atoms with Crippen molar-refractivity contribution in [2.45, 2.75) is 145 Å². The predicted octanol–water partition coefficient (Wildman–Crippen LogP) is -1.06. The standard InChI is InChI=1S/C37H68N12O7S/c38-16-15-23(35(54)49-28-13-5-4-9-22(28)19-29(49)34(53)48-27(36(55)56)12-8-18-46-37(43)44)20-30(50)26(47-33(52)25(40)21-57)11-6-7-17-45-32(51)24(39)10-2-1-3-14-31(41)42/h22-29,57H,1-21,38-40H2,(H3,41,42)(H,45,51)(H,47,52)(H,48,53)(H,55,56)(H4,43,44,46)/t22?,23-,24+,25+,26+,27+,28?,29+/m1/s1. The highest BCUT2D eigenvalue weighted by Crippen LogP contribution is 2.41. The molecule has 17 N–H and O–H groups in total. The molecule has 19 nitrogen and oxygen atoms in total. The number of ketones is 1. The van der Waals surface area contributed by atoms with Crippen molar-refractivity contribution in [3.8, 4) is 0 Å². The third-order valence-electron chi connectivity index (χ3n) is 10.8. The van der Waals surface area contributed by atoms with E-state index in [0.29, 0.717) is 51.5 Å². The van der Waals surface area contributed by atoms with Crippen LogP contribution in [0.5, 0.6) is 0 Å². The number of hydrogen-bond acceptors (Lipinski definition) is 12. The molecule has 8 atom stereocenters. The molecule has 1 saturated carbocycles. The molecule has 4 amide bonds. The minimum Gasteiger partial charge on any atom is -0.480 e. The molecule has 2 fully saturated rings. The SMILES string of the molecule is N=C(N)CCCCC[C@H](N)C(=O)NCCCC[C@H](NC(=O)[C@@H](N)CS)C(=O)C[C@@H](CCN)C(=O)N1C2CCCCC2C[C@H]1C(=O)N[C@@H](CCCN=C(N)N)C(=O)O. The van der Waals surface area contributed by atoms with Crippen molar-refractivity contribution in [2.75, 3.05) is 25.4 Å². The second-order valence-corrected chi connectivity index (χ2v) is 15.6. The molecule has 0 aromatic carbocycles. The van der Waals surface area contributed by atoms with Gasteiger partial charge in [-0.2, -0.15) is 12.6 Å². The molecule has 0 bridgehead atoms. The van der Waals surface area contributed by atoms with E-state index in [1.807, 2.05) is 0 Å². The normalized spacial score (nSPS) is 20.2. The molecule has 0 aromatic heterocycles. The number of guanidine groups is 1. The van der Waals surface area contributed by atoms with Crippen LogP contribution >= 0.6 is 12.6 Å². The maximum Gasteiger partial charge on any atom is 0.326 e. The number of aliphatic carboxylic acids is 1. The number of amidine groups is 1. The molecule has 1 heterocycles. The Balaban J connectivity index is 2.14. The maximum absolute atomic E-state index is 14.5. The molecule has 2 aliphatic rings. The fraction of sp³-hybridized carbons (Fsp3) is 0.784. The van der Waals surface area contributed by atoms with Gasteiger partial charge in [0.2, 0.25) is 23.6 Å². The number of Topliss-reactive ketones (excluding diaryl/α,β-unsaturated/α-hetero) is 1. The molecule has 2 unspecified atom stereocenters. The summed E-state index contributed by atoms with van der Waals surface area (Å²) in [6.07, 6.45) is 8.38. The molecule has 0 aromatic rings. The maximum atomic E-state index is 14.5. The predicted molar refractivity (Wildman–Crippen MR) is 221 cm³/mol. The van der Waals surface area contributed by atoms with E-state index in [0.717, 1.165) is 38.5 Å². The fourth-order valence-corrected chi connectivity index (χ4v) is 7.79. The minimum absolute atomic E-state index is 0.0420. The second kappa shape index (κ2) is 26.1. The molecular formula is C37H68N12O7S. The molecule has 1 aliphatic heterocycles. The molecular weight excluding hydrogens is 757 g/mol. The van der Waals surface area contributed by atoms with Gasteiger partial charge in [-0.05, 0) is 83.1 Å². The Morgan fingerprint density at radius 2 is 1.53 bits per heavy atom. The van der Waals surface area contributed by atoms with Gasteiger partial charge >= 0.3 is 5.97 Å². The lowest BCUT2D eigenvalue weighted by molar-refractivity contribution is -0.147. The lowest BCUT2D eigenvalue weighted by Gasteiger charge is -2.36. The highest BCUT2D eigenvalue weighted by Gasteiger charge is 2.49. The number of likely N-dealkylation sites (tertiary alicyclic amines) is 1. The number of unbranched alkanes of at least 4 members (excludes halogenated alkanes) is 3. The summed E-state index contributed by atoms with van der Waals surface area (Å²) >= 11 is 4.11. The van der Waals surface area contributed by atoms with E-state index < -0.39 is 65.6 Å². The van der Waals surface area contributed by atoms with Crippen molar-refractivity contribution in [1.82, 2.24) is 20.9 Å². The Kier molecular flexibility index (Phi) is 22.5. The first-order valence-corrected chi connectivity index (χ1v) is 20.9. The second-order valence-electron chi connectivity index (χ2n) is 15.3. The number of fused-ring (bicyclic) bond motifs is 1. The average molecular weight is 825 g/mol. The smallest absolute Gasteiger partial charge is 0.326 e. The topological polar surface area (TPSA) is 354 Å². The molecule has 57 heavy (non-hydrogen) atoms. The molecule has 0 spiro atoms. The number of nitrogens with zero attached hydrogens (tertiary/aromatic N) is 2. The summed E-state index contributed by atoms with van der Waals surface area (Å²) in [5.74, 6) is -4.26. The van der Waals surface area contributed by atoms with Crippen LogP contribution < -0.4 is 50.4 Å². The van der Waals surface area contributed by atoms with E-state index in [1.165, 1.54) is 0 Å². The van der Waals surface area contributed by atoms with Crippen LogP contribution in [0.4, 0.5) is 0 Å². The van der Waals surface area contributed by atoms with Gasteiger partial charge in [-0.3, -0.25) is 34.4 Å². The van der Waals surface area contributed by atoms with Crippen LogP contribution in [-0.2, 0) is 28.8 Å². The minimum atomic E-state index is -1.22. The van der Waals surface area contributed by atoms with Crippen molar-refractivity contribution in [3.63, 3.8) is 0 Å². The number of nitrogens with two attached hydrogens (primary N) is 6. The van der Waals surface area contributed by atoms with Gasteiger partial charge in [-0.15, -0.1) is 0 Å². The van der Waals surface area contributed by atoms with E-state index in [-0.39, 0.29) is 74.2 Å². The number of hydrogen-bond donors (Lipinski definition) is 12. The van der Waals surface area contributed by atoms with Gasteiger partial charge in [0, 0.05) is 43.6 Å². The molecule has 0 radical (unpaired) electrons. The largest absolute Gasteiger partial charge is 0.480 e. The number of carboxylic acid groups (broad SMARTS) is 1. The van der Waals surface area contributed by atoms with Crippen LogP contribution in [0.25, 0.3) is 0 Å². The third kappa shape index (κ3) is 17.2. The zero-order chi connectivity index (χ0) is 42.5. The van der Waals surface area contributed by atoms with E-state index in [2.05, 4.69) is 33.6 Å². The summed E-state index contributed by atoms with van der Waals surface area (Å²) in [6, 6.07) is -5.04. The Morgan fingerprint density at radius 3 is 2.18 bits per heavy atom. The highest BCUT2D eigenvalue weighted by molar-refractivity contribution is 7.80. The van der Waals surface area contributed by atoms with Gasteiger partial charge in [0.25, 0.3) is 0 Å². The first-order chi connectivity index (χ1) is 27.1. The Bertz CT molecular complexity index is 1380. The first-order valence-electron chi connectivity index (χ1n) is 20.3. The zero-order valence-corrected chi connectivity index (χ0v) is 34.1. The Morgan fingerprint density at radius 1 is 0.842 bits per heavy atom. The van der Waals surface area contributed by atoms with Crippen molar-refractivity contribution in [3.05, 3.63) is 0 Å². The van der Waals surface area contributed by atoms with E-state index >= 15 is 0 Å². The lowest BCUT2D eigenvalue weighted by atomic mass is 9.84. The summed E-state index contributed by atoms with van der Waals surface area (Å²) in [7, 11) is 0. The van der Waals surface area contributed by atoms with E-state index in [1.54, 1.807) is 4.90 Å². The number of rotatable bonds is 28. The number of thiol groups is 1. The molecule has 1 saturated heterocycles. The van der Waals surface area contributed by atoms with Gasteiger partial charge in [0.1, 0.15) is 12.1 Å². The van der Waals surface area contributed by atoms with E-state index in [4.69, 9.17) is 39.8 Å². The number of carboxylic acids is 1. The van der Waals surface area contributed by atoms with Gasteiger partial charge in [-0.25, -0.2) is 4.79 Å². The van der Waals surface area contributed by atoms with Crippen molar-refractivity contribution in [2.24, 2.45) is 51.2 Å². The molecule has 20 heteroatoms.